The van der Waals surface area contributed by atoms with Gasteiger partial charge >= 0.3 is 6.18 Å². The van der Waals surface area contributed by atoms with Gasteiger partial charge in [0, 0.05) is 5.56 Å². The molecule has 0 unspecified atom stereocenters. The third-order valence-corrected chi connectivity index (χ3v) is 4.30. The Morgan fingerprint density at radius 2 is 1.71 bits per heavy atom. The predicted octanol–water partition coefficient (Wildman–Crippen LogP) is 3.17. The fourth-order valence-corrected chi connectivity index (χ4v) is 2.70. The van der Waals surface area contributed by atoms with E-state index >= 15 is 0 Å². The normalized spacial score (nSPS) is 11.7. The van der Waals surface area contributed by atoms with Crippen LogP contribution in [-0.4, -0.2) is 15.0 Å². The number of halogens is 4. The molecule has 24 heavy (non-hydrogen) atoms. The number of hydrogen-bond donors (Lipinski definition) is 1. The summed E-state index contributed by atoms with van der Waals surface area (Å²) in [5.74, 6) is 4.69. The molecule has 0 aliphatic rings. The largest absolute Gasteiger partial charge is 0.416 e. The lowest BCUT2D eigenvalue weighted by Crippen LogP contribution is -2.24. The highest BCUT2D eigenvalue weighted by molar-refractivity contribution is 7.89. The first-order valence-corrected chi connectivity index (χ1v) is 8.08. The second kappa shape index (κ2) is 7.03. The Morgan fingerprint density at radius 1 is 1.04 bits per heavy atom. The number of hydrogen-bond acceptors (Lipinski definition) is 2. The van der Waals surface area contributed by atoms with Gasteiger partial charge in [-0.3, -0.25) is 0 Å². The zero-order chi connectivity index (χ0) is 17.8. The van der Waals surface area contributed by atoms with Gasteiger partial charge in [-0.2, -0.15) is 17.9 Å². The van der Waals surface area contributed by atoms with Gasteiger partial charge in [-0.25, -0.2) is 12.8 Å². The molecule has 2 rings (SSSR count). The van der Waals surface area contributed by atoms with Crippen molar-refractivity contribution in [1.82, 2.24) is 4.72 Å². The van der Waals surface area contributed by atoms with Crippen LogP contribution in [0.15, 0.2) is 53.4 Å². The summed E-state index contributed by atoms with van der Waals surface area (Å²) in [5, 5.41) is 0. The van der Waals surface area contributed by atoms with E-state index in [9.17, 15) is 26.0 Å². The Labute approximate surface area is 136 Å². The summed E-state index contributed by atoms with van der Waals surface area (Å²) < 4.78 is 76.6. The Balaban J connectivity index is 2.08. The minimum Gasteiger partial charge on any atom is -0.207 e. The minimum atomic E-state index is -4.63. The molecule has 2 aromatic rings. The van der Waals surface area contributed by atoms with Crippen LogP contribution in [0.4, 0.5) is 17.6 Å². The maximum Gasteiger partial charge on any atom is 0.416 e. The van der Waals surface area contributed by atoms with E-state index in [4.69, 9.17) is 0 Å². The lowest BCUT2D eigenvalue weighted by atomic mass is 10.2. The van der Waals surface area contributed by atoms with Crippen LogP contribution >= 0.6 is 0 Å². The molecule has 0 amide bonds. The van der Waals surface area contributed by atoms with E-state index in [0.29, 0.717) is 11.6 Å². The summed E-state index contributed by atoms with van der Waals surface area (Å²) >= 11 is 0. The topological polar surface area (TPSA) is 46.2 Å². The minimum absolute atomic E-state index is 0.296. The first-order chi connectivity index (χ1) is 11.2. The third-order valence-electron chi connectivity index (χ3n) is 2.90. The van der Waals surface area contributed by atoms with Gasteiger partial charge in [0.15, 0.2) is 0 Å². The van der Waals surface area contributed by atoms with Gasteiger partial charge in [0.1, 0.15) is 5.82 Å². The van der Waals surface area contributed by atoms with E-state index in [-0.39, 0.29) is 6.54 Å². The molecule has 0 aromatic heterocycles. The van der Waals surface area contributed by atoms with Crippen molar-refractivity contribution < 1.29 is 26.0 Å². The number of sulfonamides is 1. The van der Waals surface area contributed by atoms with Crippen molar-refractivity contribution in [3.63, 3.8) is 0 Å². The Kier molecular flexibility index (Phi) is 5.26. The molecule has 0 bridgehead atoms. The molecule has 0 saturated heterocycles. The fourth-order valence-electron chi connectivity index (χ4n) is 1.73. The average molecular weight is 357 g/mol. The standard InChI is InChI=1S/C16H11F4NO2S/c17-14-8-6-12(7-9-14)3-2-10-21-24(22,23)15-5-1-4-13(11-15)16(18,19)20/h1,4-9,11,21H,10H2. The van der Waals surface area contributed by atoms with Crippen molar-refractivity contribution in [2.45, 2.75) is 11.1 Å². The molecule has 2 aromatic carbocycles. The van der Waals surface area contributed by atoms with Crippen LogP contribution in [0.2, 0.25) is 0 Å². The Bertz CT molecular complexity index is 879. The quantitative estimate of drug-likeness (QED) is 0.678. The van der Waals surface area contributed by atoms with Gasteiger partial charge in [-0.1, -0.05) is 17.9 Å². The van der Waals surface area contributed by atoms with Gasteiger partial charge in [0.25, 0.3) is 0 Å². The van der Waals surface area contributed by atoms with E-state index in [1.165, 1.54) is 24.3 Å². The zero-order valence-electron chi connectivity index (χ0n) is 12.1. The van der Waals surface area contributed by atoms with Crippen molar-refractivity contribution in [2.75, 3.05) is 6.54 Å². The maximum atomic E-state index is 12.7. The van der Waals surface area contributed by atoms with Crippen LogP contribution in [0.5, 0.6) is 0 Å². The summed E-state index contributed by atoms with van der Waals surface area (Å²) in [6.07, 6.45) is -4.63. The zero-order valence-corrected chi connectivity index (χ0v) is 12.9. The number of rotatable bonds is 3. The molecular weight excluding hydrogens is 346 g/mol. The highest BCUT2D eigenvalue weighted by atomic mass is 32.2. The van der Waals surface area contributed by atoms with Crippen molar-refractivity contribution in [3.05, 3.63) is 65.5 Å². The molecule has 8 heteroatoms. The molecule has 0 atom stereocenters. The van der Waals surface area contributed by atoms with Gasteiger partial charge < -0.3 is 0 Å². The number of benzene rings is 2. The van der Waals surface area contributed by atoms with Crippen LogP contribution in [0.25, 0.3) is 0 Å². The van der Waals surface area contributed by atoms with Crippen LogP contribution < -0.4 is 4.72 Å². The molecule has 0 spiro atoms. The average Bonchev–Trinajstić information content (AvgIpc) is 2.53. The molecule has 0 aliphatic heterocycles. The SMILES string of the molecule is O=S(=O)(NCC#Cc1ccc(F)cc1)c1cccc(C(F)(F)F)c1. The lowest BCUT2D eigenvalue weighted by molar-refractivity contribution is -0.137. The number of alkyl halides is 3. The Morgan fingerprint density at radius 3 is 2.33 bits per heavy atom. The summed E-state index contributed by atoms with van der Waals surface area (Å²) in [5.41, 5.74) is -0.572. The van der Waals surface area contributed by atoms with E-state index in [1.807, 2.05) is 0 Å². The van der Waals surface area contributed by atoms with E-state index in [0.717, 1.165) is 18.2 Å². The van der Waals surface area contributed by atoms with Gasteiger partial charge in [0.05, 0.1) is 17.0 Å². The first kappa shape index (κ1) is 18.0. The second-order valence-corrected chi connectivity index (χ2v) is 6.43. The molecule has 0 aliphatic carbocycles. The van der Waals surface area contributed by atoms with Crippen molar-refractivity contribution >= 4 is 10.0 Å². The molecular formula is C16H11F4NO2S. The van der Waals surface area contributed by atoms with Crippen molar-refractivity contribution in [3.8, 4) is 11.8 Å². The van der Waals surface area contributed by atoms with E-state index < -0.39 is 32.5 Å². The van der Waals surface area contributed by atoms with Crippen LogP contribution in [0.3, 0.4) is 0 Å². The van der Waals surface area contributed by atoms with E-state index in [2.05, 4.69) is 16.6 Å². The highest BCUT2D eigenvalue weighted by Gasteiger charge is 2.31. The summed E-state index contributed by atoms with van der Waals surface area (Å²) in [6.45, 7) is -0.296. The first-order valence-electron chi connectivity index (χ1n) is 6.60. The van der Waals surface area contributed by atoms with E-state index in [1.54, 1.807) is 0 Å². The predicted molar refractivity (Wildman–Crippen MR) is 79.9 cm³/mol. The highest BCUT2D eigenvalue weighted by Crippen LogP contribution is 2.30. The molecule has 3 nitrogen and oxygen atoms in total. The Hall–Kier alpha value is -2.37. The molecule has 126 valence electrons. The fraction of sp³-hybridized carbons (Fsp3) is 0.125. The van der Waals surface area contributed by atoms with Crippen molar-refractivity contribution in [2.24, 2.45) is 0 Å². The van der Waals surface area contributed by atoms with Gasteiger partial charge in [-0.15, -0.1) is 0 Å². The third kappa shape index (κ3) is 4.81. The van der Waals surface area contributed by atoms with Crippen LogP contribution in [-0.2, 0) is 16.2 Å². The molecule has 0 radical (unpaired) electrons. The van der Waals surface area contributed by atoms with Crippen LogP contribution in [0.1, 0.15) is 11.1 Å². The molecule has 1 N–H and O–H groups in total. The molecule has 0 fully saturated rings. The second-order valence-electron chi connectivity index (χ2n) is 4.66. The summed E-state index contributed by atoms with van der Waals surface area (Å²) in [6, 6.07) is 8.66. The lowest BCUT2D eigenvalue weighted by Gasteiger charge is -2.09. The van der Waals surface area contributed by atoms with Gasteiger partial charge in [-0.05, 0) is 42.5 Å². The number of nitrogens with one attached hydrogen (secondary N) is 1. The molecule has 0 saturated carbocycles. The maximum absolute atomic E-state index is 12.7. The monoisotopic (exact) mass is 357 g/mol. The van der Waals surface area contributed by atoms with Crippen LogP contribution in [0, 0.1) is 17.7 Å². The summed E-state index contributed by atoms with van der Waals surface area (Å²) in [7, 11) is -4.12. The smallest absolute Gasteiger partial charge is 0.207 e. The van der Waals surface area contributed by atoms with Gasteiger partial charge in [0.2, 0.25) is 10.0 Å². The van der Waals surface area contributed by atoms with Crippen molar-refractivity contribution in [1.29, 1.82) is 0 Å². The summed E-state index contributed by atoms with van der Waals surface area (Å²) in [4.78, 5) is -0.499. The molecule has 0 heterocycles.